The normalized spacial score (nSPS) is 13.9. The highest BCUT2D eigenvalue weighted by atomic mass is 33.1. The monoisotopic (exact) mass is 322 g/mol. The molecule has 0 aliphatic carbocycles. The van der Waals surface area contributed by atoms with E-state index < -0.39 is 17.7 Å². The highest BCUT2D eigenvalue weighted by Gasteiger charge is 2.17. The van der Waals surface area contributed by atoms with Crippen LogP contribution in [0.15, 0.2) is 0 Å². The smallest absolute Gasteiger partial charge is 0.198 e. The fourth-order valence-corrected chi connectivity index (χ4v) is 4.99. The van der Waals surface area contributed by atoms with E-state index in [1.165, 1.54) is 12.5 Å². The average Bonchev–Trinajstić information content (AvgIpc) is 1.96. The van der Waals surface area contributed by atoms with Crippen LogP contribution in [0.25, 0.3) is 0 Å². The Bertz CT molecular complexity index is 386. The summed E-state index contributed by atoms with van der Waals surface area (Å²) in [4.78, 5) is 0. The Morgan fingerprint density at radius 2 is 1.12 bits per heavy atom. The standard InChI is InChI=1S/C8H20NO4S4/c1-9(2,5-7-14-16(3,10)11)6-8-15-17(4,12)13/h5-8H2,1-4H3/q+1. The van der Waals surface area contributed by atoms with E-state index >= 15 is 0 Å². The van der Waals surface area contributed by atoms with Crippen LogP contribution in [-0.4, -0.2) is 72.5 Å². The Kier molecular flexibility index (Phi) is 6.87. The molecule has 0 radical (unpaired) electrons. The lowest BCUT2D eigenvalue weighted by atomic mass is 10.5. The van der Waals surface area contributed by atoms with Gasteiger partial charge in [0.1, 0.15) is 0 Å². The molecule has 0 atom stereocenters. The number of rotatable bonds is 8. The van der Waals surface area contributed by atoms with Gasteiger partial charge in [-0.1, -0.05) is 0 Å². The summed E-state index contributed by atoms with van der Waals surface area (Å²) < 4.78 is 44.4. The first-order valence-corrected chi connectivity index (χ1v) is 11.7. The quantitative estimate of drug-likeness (QED) is 0.477. The summed E-state index contributed by atoms with van der Waals surface area (Å²) in [7, 11) is -0.180. The van der Waals surface area contributed by atoms with Crippen molar-refractivity contribution < 1.29 is 21.3 Å². The number of quaternary nitrogens is 1. The van der Waals surface area contributed by atoms with E-state index in [-0.39, 0.29) is 0 Å². The van der Waals surface area contributed by atoms with Crippen molar-refractivity contribution in [2.24, 2.45) is 0 Å². The predicted molar refractivity (Wildman–Crippen MR) is 76.4 cm³/mol. The fraction of sp³-hybridized carbons (Fsp3) is 1.00. The topological polar surface area (TPSA) is 68.3 Å². The Morgan fingerprint density at radius 3 is 1.35 bits per heavy atom. The number of hydrogen-bond donors (Lipinski definition) is 0. The van der Waals surface area contributed by atoms with Gasteiger partial charge in [0.2, 0.25) is 0 Å². The van der Waals surface area contributed by atoms with Crippen molar-refractivity contribution in [3.63, 3.8) is 0 Å². The summed E-state index contributed by atoms with van der Waals surface area (Å²) in [5, 5.41) is 0. The average molecular weight is 323 g/mol. The Labute approximate surface area is 112 Å². The lowest BCUT2D eigenvalue weighted by Gasteiger charge is -2.29. The summed E-state index contributed by atoms with van der Waals surface area (Å²) >= 11 is 0. The fourth-order valence-electron chi connectivity index (χ4n) is 0.983. The van der Waals surface area contributed by atoms with Crippen LogP contribution in [0.4, 0.5) is 0 Å². The second kappa shape index (κ2) is 6.65. The van der Waals surface area contributed by atoms with Crippen molar-refractivity contribution in [1.29, 1.82) is 0 Å². The second-order valence-corrected chi connectivity index (χ2v) is 13.6. The molecule has 0 aromatic heterocycles. The van der Waals surface area contributed by atoms with Crippen molar-refractivity contribution in [1.82, 2.24) is 0 Å². The van der Waals surface area contributed by atoms with Gasteiger partial charge in [-0.25, -0.2) is 16.8 Å². The molecule has 0 saturated heterocycles. The van der Waals surface area contributed by atoms with Gasteiger partial charge in [0.05, 0.1) is 38.7 Å². The lowest BCUT2D eigenvalue weighted by molar-refractivity contribution is -0.885. The summed E-state index contributed by atoms with van der Waals surface area (Å²) in [6.45, 7) is 1.39. The Balaban J connectivity index is 3.96. The molecule has 9 heteroatoms. The molecule has 0 rings (SSSR count). The van der Waals surface area contributed by atoms with Gasteiger partial charge >= 0.3 is 0 Å². The number of nitrogens with zero attached hydrogens (tertiary/aromatic N) is 1. The molecule has 0 aliphatic heterocycles. The van der Waals surface area contributed by atoms with Crippen molar-refractivity contribution in [2.45, 2.75) is 0 Å². The van der Waals surface area contributed by atoms with E-state index in [1.54, 1.807) is 0 Å². The minimum atomic E-state index is -2.98. The molecule has 0 aliphatic rings. The third kappa shape index (κ3) is 12.8. The highest BCUT2D eigenvalue weighted by Crippen LogP contribution is 2.14. The molecule has 0 amide bonds. The minimum absolute atomic E-state index is 0.523. The summed E-state index contributed by atoms with van der Waals surface area (Å²) in [5.41, 5.74) is 0. The van der Waals surface area contributed by atoms with Crippen molar-refractivity contribution in [2.75, 3.05) is 51.2 Å². The van der Waals surface area contributed by atoms with Crippen molar-refractivity contribution >= 4 is 39.3 Å². The molecule has 5 nitrogen and oxygen atoms in total. The van der Waals surface area contributed by atoms with Crippen LogP contribution in [0.1, 0.15) is 0 Å². The van der Waals surface area contributed by atoms with Crippen LogP contribution in [0.2, 0.25) is 0 Å². The van der Waals surface area contributed by atoms with E-state index in [2.05, 4.69) is 0 Å². The van der Waals surface area contributed by atoms with Crippen molar-refractivity contribution in [3.8, 4) is 0 Å². The highest BCUT2D eigenvalue weighted by molar-refractivity contribution is 8.72. The summed E-state index contributed by atoms with van der Waals surface area (Å²) in [5.74, 6) is 1.05. The SMILES string of the molecule is C[N+](C)(CCSS(C)(=O)=O)CCSS(C)(=O)=O. The molecular formula is C8H20NO4S4+. The molecule has 0 bridgehead atoms. The van der Waals surface area contributed by atoms with Gasteiger partial charge in [0.15, 0.2) is 17.7 Å². The first-order chi connectivity index (χ1) is 7.41. The minimum Gasteiger partial charge on any atom is -0.327 e. The zero-order valence-corrected chi connectivity index (χ0v) is 13.8. The maximum Gasteiger partial charge on any atom is 0.198 e. The maximum atomic E-state index is 10.9. The van der Waals surface area contributed by atoms with Crippen LogP contribution < -0.4 is 0 Å². The van der Waals surface area contributed by atoms with Crippen LogP contribution in [-0.2, 0) is 17.7 Å². The van der Waals surface area contributed by atoms with E-state index in [4.69, 9.17) is 0 Å². The van der Waals surface area contributed by atoms with Crippen molar-refractivity contribution in [3.05, 3.63) is 0 Å². The van der Waals surface area contributed by atoms with Gasteiger partial charge in [-0.2, -0.15) is 0 Å². The first-order valence-electron chi connectivity index (χ1n) is 4.92. The van der Waals surface area contributed by atoms with Gasteiger partial charge in [0.25, 0.3) is 0 Å². The third-order valence-electron chi connectivity index (χ3n) is 1.99. The summed E-state index contributed by atoms with van der Waals surface area (Å²) in [6, 6.07) is 0. The molecular weight excluding hydrogens is 302 g/mol. The maximum absolute atomic E-state index is 10.9. The zero-order chi connectivity index (χ0) is 13.7. The Hall–Kier alpha value is 0.560. The van der Waals surface area contributed by atoms with Gasteiger partial charge in [-0.05, 0) is 21.6 Å². The molecule has 0 aromatic carbocycles. The molecule has 104 valence electrons. The molecule has 0 unspecified atom stereocenters. The van der Waals surface area contributed by atoms with Gasteiger partial charge in [0, 0.05) is 12.5 Å². The molecule has 0 aromatic rings. The van der Waals surface area contributed by atoms with Gasteiger partial charge < -0.3 is 4.48 Å². The van der Waals surface area contributed by atoms with Gasteiger partial charge in [-0.3, -0.25) is 0 Å². The molecule has 0 spiro atoms. The van der Waals surface area contributed by atoms with Crippen LogP contribution in [0.3, 0.4) is 0 Å². The molecule has 17 heavy (non-hydrogen) atoms. The number of hydrogen-bond acceptors (Lipinski definition) is 6. The van der Waals surface area contributed by atoms with Crippen LogP contribution in [0, 0.1) is 0 Å². The first kappa shape index (κ1) is 17.6. The van der Waals surface area contributed by atoms with Crippen LogP contribution in [0.5, 0.6) is 0 Å². The molecule has 0 saturated carbocycles. The summed E-state index contributed by atoms with van der Waals surface area (Å²) in [6.07, 6.45) is 2.38. The lowest BCUT2D eigenvalue weighted by Crippen LogP contribution is -2.43. The van der Waals surface area contributed by atoms with E-state index in [0.717, 1.165) is 21.6 Å². The van der Waals surface area contributed by atoms with E-state index in [1.807, 2.05) is 14.1 Å². The Morgan fingerprint density at radius 1 is 0.824 bits per heavy atom. The van der Waals surface area contributed by atoms with Crippen LogP contribution >= 0.6 is 21.6 Å². The molecule has 0 fully saturated rings. The second-order valence-electron chi connectivity index (χ2n) is 4.44. The third-order valence-corrected chi connectivity index (χ3v) is 7.11. The predicted octanol–water partition coefficient (Wildman–Crippen LogP) is 0.448. The largest absolute Gasteiger partial charge is 0.327 e. The molecule has 0 heterocycles. The van der Waals surface area contributed by atoms with Gasteiger partial charge in [-0.15, -0.1) is 0 Å². The van der Waals surface area contributed by atoms with E-state index in [0.29, 0.717) is 29.1 Å². The van der Waals surface area contributed by atoms with E-state index in [9.17, 15) is 16.8 Å². The molecule has 0 N–H and O–H groups in total. The zero-order valence-electron chi connectivity index (χ0n) is 10.5.